The van der Waals surface area contributed by atoms with Crippen LogP contribution in [0.5, 0.6) is 0 Å². The molecular formula is C10H14FNO2S. The fourth-order valence-corrected chi connectivity index (χ4v) is 2.52. The summed E-state index contributed by atoms with van der Waals surface area (Å²) in [4.78, 5) is 3.65. The van der Waals surface area contributed by atoms with Crippen LogP contribution in [0.2, 0.25) is 0 Å². The van der Waals surface area contributed by atoms with E-state index in [2.05, 4.69) is 4.98 Å². The Balaban J connectivity index is 2.94. The minimum atomic E-state index is -3.91. The van der Waals surface area contributed by atoms with Crippen molar-refractivity contribution in [1.29, 1.82) is 0 Å². The van der Waals surface area contributed by atoms with E-state index in [9.17, 15) is 12.8 Å². The Morgan fingerprint density at radius 1 is 1.40 bits per heavy atom. The number of halogens is 1. The van der Waals surface area contributed by atoms with Crippen LogP contribution in [0.15, 0.2) is 29.4 Å². The van der Waals surface area contributed by atoms with Crippen LogP contribution in [0.1, 0.15) is 20.3 Å². The Kier molecular flexibility index (Phi) is 3.79. The van der Waals surface area contributed by atoms with Gasteiger partial charge in [-0.2, -0.15) is 0 Å². The summed E-state index contributed by atoms with van der Waals surface area (Å²) < 4.78 is 36.7. The highest BCUT2D eigenvalue weighted by Crippen LogP contribution is 2.20. The lowest BCUT2D eigenvalue weighted by Crippen LogP contribution is -2.19. The minimum absolute atomic E-state index is 0.00108. The third-order valence-corrected chi connectivity index (χ3v) is 3.61. The van der Waals surface area contributed by atoms with Gasteiger partial charge in [-0.25, -0.2) is 17.8 Å². The minimum Gasteiger partial charge on any atom is -0.245 e. The Hall–Kier alpha value is -0.970. The van der Waals surface area contributed by atoms with Crippen molar-refractivity contribution in [3.63, 3.8) is 0 Å². The van der Waals surface area contributed by atoms with Crippen LogP contribution in [0.4, 0.5) is 4.39 Å². The van der Waals surface area contributed by atoms with Crippen molar-refractivity contribution in [2.75, 3.05) is 0 Å². The maximum Gasteiger partial charge on any atom is 0.227 e. The van der Waals surface area contributed by atoms with Crippen LogP contribution in [0.3, 0.4) is 0 Å². The lowest BCUT2D eigenvalue weighted by Gasteiger charge is -2.10. The van der Waals surface area contributed by atoms with E-state index in [0.29, 0.717) is 0 Å². The van der Waals surface area contributed by atoms with Crippen molar-refractivity contribution in [3.05, 3.63) is 24.4 Å². The molecule has 0 radical (unpaired) electrons. The molecule has 1 aromatic heterocycles. The average Bonchev–Trinajstić information content (AvgIpc) is 2.18. The number of hydrogen-bond acceptors (Lipinski definition) is 3. The number of sulfone groups is 1. The van der Waals surface area contributed by atoms with Gasteiger partial charge in [-0.3, -0.25) is 0 Å². The third-order valence-electron chi connectivity index (χ3n) is 1.92. The number of pyridine rings is 1. The van der Waals surface area contributed by atoms with Gasteiger partial charge >= 0.3 is 0 Å². The first-order valence-corrected chi connectivity index (χ1v) is 6.28. The molecule has 5 heteroatoms. The maximum atomic E-state index is 13.5. The quantitative estimate of drug-likeness (QED) is 0.798. The molecule has 1 heterocycles. The molecule has 0 spiro atoms. The Bertz CT molecular complexity index is 403. The molecule has 84 valence electrons. The van der Waals surface area contributed by atoms with Crippen molar-refractivity contribution in [2.45, 2.75) is 30.8 Å². The van der Waals surface area contributed by atoms with Crippen LogP contribution < -0.4 is 0 Å². The third kappa shape index (κ3) is 2.99. The summed E-state index contributed by atoms with van der Waals surface area (Å²) in [5.41, 5.74) is -1.87. The zero-order valence-electron chi connectivity index (χ0n) is 8.72. The zero-order chi connectivity index (χ0) is 11.5. The van der Waals surface area contributed by atoms with E-state index in [-0.39, 0.29) is 17.4 Å². The molecule has 0 aromatic carbocycles. The Morgan fingerprint density at radius 3 is 2.53 bits per heavy atom. The molecule has 0 aliphatic carbocycles. The van der Waals surface area contributed by atoms with Crippen molar-refractivity contribution in [2.24, 2.45) is 5.92 Å². The van der Waals surface area contributed by atoms with Crippen molar-refractivity contribution in [1.82, 2.24) is 4.98 Å². The molecular weight excluding hydrogens is 217 g/mol. The molecule has 3 nitrogen and oxygen atoms in total. The molecule has 0 saturated carbocycles. The highest BCUT2D eigenvalue weighted by Gasteiger charge is 2.28. The highest BCUT2D eigenvalue weighted by molar-refractivity contribution is 7.91. The maximum absolute atomic E-state index is 13.5. The number of aromatic nitrogens is 1. The van der Waals surface area contributed by atoms with E-state index in [1.807, 2.05) is 0 Å². The van der Waals surface area contributed by atoms with E-state index in [1.54, 1.807) is 19.9 Å². The number of rotatable bonds is 4. The average molecular weight is 231 g/mol. The largest absolute Gasteiger partial charge is 0.245 e. The summed E-state index contributed by atoms with van der Waals surface area (Å²) >= 11 is 0. The predicted octanol–water partition coefficient (Wildman–Crippen LogP) is 2.20. The highest BCUT2D eigenvalue weighted by atomic mass is 32.2. The summed E-state index contributed by atoms with van der Waals surface area (Å²) in [6.45, 7) is 3.56. The Labute approximate surface area is 89.3 Å². The summed E-state index contributed by atoms with van der Waals surface area (Å²) in [6.07, 6.45) is 1.34. The van der Waals surface area contributed by atoms with Crippen LogP contribution in [0, 0.1) is 5.92 Å². The fourth-order valence-electron chi connectivity index (χ4n) is 1.14. The van der Waals surface area contributed by atoms with Gasteiger partial charge in [-0.15, -0.1) is 0 Å². The van der Waals surface area contributed by atoms with Gasteiger partial charge in [0.2, 0.25) is 15.3 Å². The number of hydrogen-bond donors (Lipinski definition) is 0. The molecule has 0 amide bonds. The summed E-state index contributed by atoms with van der Waals surface area (Å²) in [5.74, 6) is -0.00140. The SMILES string of the molecule is CC(C)CC(F)S(=O)(=O)c1ccccn1. The van der Waals surface area contributed by atoms with Crippen molar-refractivity contribution in [3.8, 4) is 0 Å². The van der Waals surface area contributed by atoms with E-state index >= 15 is 0 Å². The molecule has 1 unspecified atom stereocenters. The number of nitrogens with zero attached hydrogens (tertiary/aromatic N) is 1. The van der Waals surface area contributed by atoms with Crippen molar-refractivity contribution < 1.29 is 12.8 Å². The van der Waals surface area contributed by atoms with Gasteiger partial charge < -0.3 is 0 Å². The summed E-state index contributed by atoms with van der Waals surface area (Å²) in [5, 5.41) is -0.196. The second-order valence-electron chi connectivity index (χ2n) is 3.75. The monoisotopic (exact) mass is 231 g/mol. The van der Waals surface area contributed by atoms with Gasteiger partial charge in [0.15, 0.2) is 5.03 Å². The lowest BCUT2D eigenvalue weighted by molar-refractivity contribution is 0.359. The summed E-state index contributed by atoms with van der Waals surface area (Å²) in [6, 6.07) is 4.43. The van der Waals surface area contributed by atoms with Crippen LogP contribution in [-0.2, 0) is 9.84 Å². The molecule has 1 atom stereocenters. The topological polar surface area (TPSA) is 47.0 Å². The fraction of sp³-hybridized carbons (Fsp3) is 0.500. The predicted molar refractivity (Wildman–Crippen MR) is 55.8 cm³/mol. The van der Waals surface area contributed by atoms with E-state index in [4.69, 9.17) is 0 Å². The first-order valence-electron chi connectivity index (χ1n) is 4.73. The van der Waals surface area contributed by atoms with E-state index < -0.39 is 15.3 Å². The molecule has 0 bridgehead atoms. The number of alkyl halides is 1. The Morgan fingerprint density at radius 2 is 2.07 bits per heavy atom. The molecule has 1 rings (SSSR count). The first kappa shape index (κ1) is 12.1. The van der Waals surface area contributed by atoms with E-state index in [0.717, 1.165) is 0 Å². The molecule has 1 aromatic rings. The molecule has 0 aliphatic rings. The standard InChI is InChI=1S/C10H14FNO2S/c1-8(2)7-9(11)15(13,14)10-5-3-4-6-12-10/h3-6,8-9H,7H2,1-2H3. The van der Waals surface area contributed by atoms with Crippen molar-refractivity contribution >= 4 is 9.84 Å². The lowest BCUT2D eigenvalue weighted by atomic mass is 10.2. The smallest absolute Gasteiger partial charge is 0.227 e. The zero-order valence-corrected chi connectivity index (χ0v) is 9.54. The van der Waals surface area contributed by atoms with E-state index in [1.165, 1.54) is 18.3 Å². The molecule has 0 fully saturated rings. The first-order chi connectivity index (χ1) is 6.94. The van der Waals surface area contributed by atoms with Gasteiger partial charge in [0.05, 0.1) is 0 Å². The van der Waals surface area contributed by atoms with Gasteiger partial charge in [-0.1, -0.05) is 19.9 Å². The molecule has 0 aliphatic heterocycles. The molecule has 0 saturated heterocycles. The van der Waals surface area contributed by atoms with Crippen LogP contribution in [0.25, 0.3) is 0 Å². The molecule has 0 N–H and O–H groups in total. The van der Waals surface area contributed by atoms with Gasteiger partial charge in [0.1, 0.15) is 0 Å². The second kappa shape index (κ2) is 4.70. The van der Waals surface area contributed by atoms with Gasteiger partial charge in [-0.05, 0) is 24.5 Å². The second-order valence-corrected chi connectivity index (χ2v) is 5.77. The van der Waals surface area contributed by atoms with Crippen LogP contribution >= 0.6 is 0 Å². The normalized spacial score (nSPS) is 14.1. The van der Waals surface area contributed by atoms with Gasteiger partial charge in [0.25, 0.3) is 0 Å². The van der Waals surface area contributed by atoms with Crippen LogP contribution in [-0.4, -0.2) is 18.9 Å². The van der Waals surface area contributed by atoms with Gasteiger partial charge in [0, 0.05) is 6.20 Å². The summed E-state index contributed by atoms with van der Waals surface area (Å²) in [7, 11) is -3.91. The molecule has 15 heavy (non-hydrogen) atoms.